The number of nitrogens with zero attached hydrogens (tertiary/aromatic N) is 2. The smallest absolute Gasteiger partial charge is 0.327 e. The van der Waals surface area contributed by atoms with Crippen LogP contribution in [0.25, 0.3) is 0 Å². The predicted molar refractivity (Wildman–Crippen MR) is 118 cm³/mol. The number of likely N-dealkylation sites (N-methyl/N-ethyl adjacent to an activating group) is 1. The Morgan fingerprint density at radius 1 is 1.23 bits per heavy atom. The summed E-state index contributed by atoms with van der Waals surface area (Å²) in [7, 11) is 1.80. The van der Waals surface area contributed by atoms with Crippen molar-refractivity contribution in [3.63, 3.8) is 0 Å². The van der Waals surface area contributed by atoms with Crippen molar-refractivity contribution in [2.24, 2.45) is 28.6 Å². The molecule has 2 unspecified atom stereocenters. The van der Waals surface area contributed by atoms with Crippen molar-refractivity contribution in [2.75, 3.05) is 20.3 Å². The van der Waals surface area contributed by atoms with Crippen LogP contribution in [0, 0.1) is 28.6 Å². The number of hydrogen-bond donors (Lipinski definition) is 0. The number of amides is 3. The van der Waals surface area contributed by atoms with Crippen LogP contribution >= 0.6 is 0 Å². The molecule has 0 aromatic carbocycles. The molecule has 0 spiro atoms. The van der Waals surface area contributed by atoms with Crippen LogP contribution < -0.4 is 0 Å². The molecule has 30 heavy (non-hydrogen) atoms. The van der Waals surface area contributed by atoms with E-state index in [-0.39, 0.29) is 29.4 Å². The lowest BCUT2D eigenvalue weighted by atomic mass is 9.48. The van der Waals surface area contributed by atoms with Gasteiger partial charge in [-0.1, -0.05) is 26.3 Å². The van der Waals surface area contributed by atoms with E-state index in [1.165, 1.54) is 32.1 Å². The van der Waals surface area contributed by atoms with Crippen molar-refractivity contribution in [1.82, 2.24) is 9.80 Å². The van der Waals surface area contributed by atoms with E-state index in [9.17, 15) is 9.59 Å². The molecule has 1 aliphatic heterocycles. The summed E-state index contributed by atoms with van der Waals surface area (Å²) in [5.41, 5.74) is 0.406. The van der Waals surface area contributed by atoms with E-state index in [1.807, 2.05) is 13.8 Å². The highest BCUT2D eigenvalue weighted by Crippen LogP contribution is 2.64. The predicted octanol–water partition coefficient (Wildman–Crippen LogP) is 4.86. The second-order valence-corrected chi connectivity index (χ2v) is 10.9. The first-order valence-corrected chi connectivity index (χ1v) is 12.1. The monoisotopic (exact) mass is 416 g/mol. The summed E-state index contributed by atoms with van der Waals surface area (Å²) in [5, 5.41) is 0. The molecule has 3 amide bonds. The number of carbonyl (C=O) groups excluding carboxylic acids is 2. The third-order valence-electron chi connectivity index (χ3n) is 9.37. The third-order valence-corrected chi connectivity index (χ3v) is 9.37. The number of rotatable bonds is 4. The fourth-order valence-electron chi connectivity index (χ4n) is 7.48. The Kier molecular flexibility index (Phi) is 5.80. The average Bonchev–Trinajstić information content (AvgIpc) is 3.13. The van der Waals surface area contributed by atoms with Gasteiger partial charge in [0.15, 0.2) is 0 Å². The van der Waals surface area contributed by atoms with Crippen molar-refractivity contribution < 1.29 is 14.3 Å². The Labute approximate surface area is 182 Å². The van der Waals surface area contributed by atoms with Crippen molar-refractivity contribution in [2.45, 2.75) is 84.7 Å². The summed E-state index contributed by atoms with van der Waals surface area (Å²) in [5.74, 6) is 1.96. The largest absolute Gasteiger partial charge is 0.380 e. The number of hydrogen-bond acceptors (Lipinski definition) is 3. The van der Waals surface area contributed by atoms with Crippen molar-refractivity contribution in [1.29, 1.82) is 0 Å². The molecule has 0 aromatic rings. The van der Waals surface area contributed by atoms with Gasteiger partial charge in [-0.3, -0.25) is 9.69 Å². The molecule has 5 heteroatoms. The molecule has 3 aliphatic carbocycles. The summed E-state index contributed by atoms with van der Waals surface area (Å²) in [6.07, 6.45) is 12.6. The standard InChI is InChI=1S/C25H40N2O3/c1-6-30-16-17(2)26(5)23(29)27-21-10-9-18-19-8-7-13-24(19,3)14-11-20(18)25(21,4)15-12-22(27)28/h12,15,17-21H,6-11,13-14,16H2,1-5H3/t17?,18-,19-,20+,21?,24-,25+/m0/s1. The maximum Gasteiger partial charge on any atom is 0.327 e. The molecule has 4 aliphatic rings. The highest BCUT2D eigenvalue weighted by molar-refractivity contribution is 6.01. The Morgan fingerprint density at radius 2 is 2.00 bits per heavy atom. The fraction of sp³-hybridized carbons (Fsp3) is 0.840. The Hall–Kier alpha value is -1.36. The van der Waals surface area contributed by atoms with Crippen LogP contribution in [-0.4, -0.2) is 54.1 Å². The van der Waals surface area contributed by atoms with Gasteiger partial charge in [-0.25, -0.2) is 4.79 Å². The fourth-order valence-corrected chi connectivity index (χ4v) is 7.48. The van der Waals surface area contributed by atoms with Gasteiger partial charge in [-0.05, 0) is 75.5 Å². The van der Waals surface area contributed by atoms with E-state index in [4.69, 9.17) is 4.74 Å². The molecule has 5 nitrogen and oxygen atoms in total. The quantitative estimate of drug-likeness (QED) is 0.657. The van der Waals surface area contributed by atoms with Crippen LogP contribution in [0.5, 0.6) is 0 Å². The van der Waals surface area contributed by atoms with Crippen molar-refractivity contribution >= 4 is 11.9 Å². The van der Waals surface area contributed by atoms with E-state index in [0.717, 1.165) is 24.7 Å². The Morgan fingerprint density at radius 3 is 2.73 bits per heavy atom. The van der Waals surface area contributed by atoms with Gasteiger partial charge in [0, 0.05) is 25.1 Å². The van der Waals surface area contributed by atoms with E-state index in [2.05, 4.69) is 19.9 Å². The van der Waals surface area contributed by atoms with Crippen LogP contribution in [0.2, 0.25) is 0 Å². The highest BCUT2D eigenvalue weighted by atomic mass is 16.5. The number of urea groups is 1. The molecule has 3 fully saturated rings. The number of ether oxygens (including phenoxy) is 1. The normalized spacial score (nSPS) is 41.1. The minimum Gasteiger partial charge on any atom is -0.380 e. The lowest BCUT2D eigenvalue weighted by Crippen LogP contribution is -2.63. The van der Waals surface area contributed by atoms with Gasteiger partial charge in [-0.2, -0.15) is 0 Å². The van der Waals surface area contributed by atoms with Gasteiger partial charge >= 0.3 is 6.03 Å². The molecule has 7 atom stereocenters. The lowest BCUT2D eigenvalue weighted by molar-refractivity contribution is -0.136. The van der Waals surface area contributed by atoms with Gasteiger partial charge in [-0.15, -0.1) is 0 Å². The zero-order chi connectivity index (χ0) is 21.7. The van der Waals surface area contributed by atoms with Gasteiger partial charge in [0.2, 0.25) is 0 Å². The number of fused-ring (bicyclic) bond motifs is 5. The zero-order valence-corrected chi connectivity index (χ0v) is 19.5. The summed E-state index contributed by atoms with van der Waals surface area (Å²) < 4.78 is 5.52. The van der Waals surface area contributed by atoms with Gasteiger partial charge in [0.1, 0.15) is 0 Å². The molecule has 0 radical (unpaired) electrons. The maximum absolute atomic E-state index is 13.4. The lowest BCUT2D eigenvalue weighted by Gasteiger charge is -2.59. The molecular weight excluding hydrogens is 376 g/mol. The molecule has 4 rings (SSSR count). The average molecular weight is 417 g/mol. The van der Waals surface area contributed by atoms with Crippen LogP contribution in [0.4, 0.5) is 4.79 Å². The molecule has 0 bridgehead atoms. The van der Waals surface area contributed by atoms with E-state index in [0.29, 0.717) is 24.5 Å². The number of carbonyl (C=O) groups is 2. The SMILES string of the molecule is CCOCC(C)N(C)C(=O)N1C(=O)C=C[C@@]2(C)C1CC[C@@H]1[C@H]2CC[C@]2(C)CCC[C@@H]12. The van der Waals surface area contributed by atoms with Crippen LogP contribution in [0.3, 0.4) is 0 Å². The summed E-state index contributed by atoms with van der Waals surface area (Å²) in [6, 6.07) is -0.267. The van der Waals surface area contributed by atoms with E-state index in [1.54, 1.807) is 22.9 Å². The zero-order valence-electron chi connectivity index (χ0n) is 19.5. The minimum absolute atomic E-state index is 0.0312. The first-order valence-electron chi connectivity index (χ1n) is 12.1. The minimum atomic E-state index is -0.173. The third kappa shape index (κ3) is 3.32. The summed E-state index contributed by atoms with van der Waals surface area (Å²) >= 11 is 0. The van der Waals surface area contributed by atoms with Crippen LogP contribution in [0.1, 0.15) is 72.6 Å². The van der Waals surface area contributed by atoms with Gasteiger partial charge < -0.3 is 9.64 Å². The first kappa shape index (κ1) is 21.9. The molecule has 0 saturated heterocycles. The molecular formula is C25H40N2O3. The molecule has 3 saturated carbocycles. The highest BCUT2D eigenvalue weighted by Gasteiger charge is 2.59. The van der Waals surface area contributed by atoms with Crippen molar-refractivity contribution in [3.8, 4) is 0 Å². The van der Waals surface area contributed by atoms with E-state index >= 15 is 0 Å². The first-order chi connectivity index (χ1) is 14.2. The van der Waals surface area contributed by atoms with E-state index < -0.39 is 0 Å². The second kappa shape index (κ2) is 7.96. The summed E-state index contributed by atoms with van der Waals surface area (Å²) in [4.78, 5) is 29.6. The number of imide groups is 1. The Bertz CT molecular complexity index is 721. The second-order valence-electron chi connectivity index (χ2n) is 10.9. The van der Waals surface area contributed by atoms with Gasteiger partial charge in [0.05, 0.1) is 18.7 Å². The molecule has 1 heterocycles. The summed E-state index contributed by atoms with van der Waals surface area (Å²) in [6.45, 7) is 9.89. The topological polar surface area (TPSA) is 49.9 Å². The molecule has 0 N–H and O–H groups in total. The molecule has 168 valence electrons. The molecule has 0 aromatic heterocycles. The van der Waals surface area contributed by atoms with Crippen LogP contribution in [-0.2, 0) is 9.53 Å². The van der Waals surface area contributed by atoms with Gasteiger partial charge in [0.25, 0.3) is 5.91 Å². The Balaban J connectivity index is 1.58. The van der Waals surface area contributed by atoms with Crippen molar-refractivity contribution in [3.05, 3.63) is 12.2 Å². The van der Waals surface area contributed by atoms with Crippen LogP contribution in [0.15, 0.2) is 12.2 Å². The maximum atomic E-state index is 13.4.